The van der Waals surface area contributed by atoms with Crippen molar-refractivity contribution in [1.82, 2.24) is 15.6 Å². The molecule has 1 aromatic rings. The van der Waals surface area contributed by atoms with E-state index < -0.39 is 0 Å². The summed E-state index contributed by atoms with van der Waals surface area (Å²) in [7, 11) is 2.02. The molecule has 1 aromatic heterocycles. The molecular weight excluding hydrogens is 198 g/mol. The van der Waals surface area contributed by atoms with Crippen molar-refractivity contribution in [3.8, 4) is 0 Å². The van der Waals surface area contributed by atoms with E-state index in [-0.39, 0.29) is 0 Å². The average Bonchev–Trinajstić information content (AvgIpc) is 2.75. The summed E-state index contributed by atoms with van der Waals surface area (Å²) in [5, 5.41) is 6.79. The van der Waals surface area contributed by atoms with Gasteiger partial charge in [-0.15, -0.1) is 0 Å². The number of H-pyrrole nitrogens is 1. The number of hydrogen-bond donors (Lipinski definition) is 3. The molecule has 1 heterocycles. The van der Waals surface area contributed by atoms with Gasteiger partial charge in [0.05, 0.1) is 0 Å². The van der Waals surface area contributed by atoms with E-state index in [1.54, 1.807) is 0 Å². The lowest BCUT2D eigenvalue weighted by Gasteiger charge is -2.20. The van der Waals surface area contributed by atoms with Gasteiger partial charge in [-0.1, -0.05) is 13.8 Å². The van der Waals surface area contributed by atoms with Gasteiger partial charge in [-0.2, -0.15) is 0 Å². The lowest BCUT2D eigenvalue weighted by Crippen LogP contribution is -2.34. The van der Waals surface area contributed by atoms with E-state index >= 15 is 0 Å². The molecule has 92 valence electrons. The topological polar surface area (TPSA) is 39.8 Å². The molecule has 0 spiro atoms. The maximum Gasteiger partial charge on any atom is 0.0159 e. The van der Waals surface area contributed by atoms with Gasteiger partial charge in [0, 0.05) is 18.4 Å². The van der Waals surface area contributed by atoms with Crippen LogP contribution in [0.1, 0.15) is 19.5 Å². The first-order chi connectivity index (χ1) is 7.74. The molecule has 3 heteroatoms. The fraction of sp³-hybridized carbons (Fsp3) is 0.692. The highest BCUT2D eigenvalue weighted by Gasteiger charge is 2.11. The molecule has 0 amide bonds. The zero-order chi connectivity index (χ0) is 11.8. The van der Waals surface area contributed by atoms with Crippen LogP contribution in [0.25, 0.3) is 0 Å². The van der Waals surface area contributed by atoms with E-state index in [0.717, 1.165) is 32.0 Å². The van der Waals surface area contributed by atoms with Crippen molar-refractivity contribution >= 4 is 0 Å². The molecule has 3 nitrogen and oxygen atoms in total. The van der Waals surface area contributed by atoms with Crippen LogP contribution in [-0.4, -0.2) is 31.7 Å². The largest absolute Gasteiger partial charge is 0.365 e. The van der Waals surface area contributed by atoms with Crippen LogP contribution in [0.2, 0.25) is 0 Å². The van der Waals surface area contributed by atoms with Crippen LogP contribution in [0, 0.1) is 11.8 Å². The minimum atomic E-state index is 0.716. The highest BCUT2D eigenvalue weighted by atomic mass is 14.9. The normalized spacial score (nSPS) is 13.2. The highest BCUT2D eigenvalue weighted by Crippen LogP contribution is 2.08. The van der Waals surface area contributed by atoms with E-state index in [2.05, 4.69) is 35.5 Å². The summed E-state index contributed by atoms with van der Waals surface area (Å²) in [4.78, 5) is 3.22. The van der Waals surface area contributed by atoms with Gasteiger partial charge < -0.3 is 15.6 Å². The molecule has 3 N–H and O–H groups in total. The summed E-state index contributed by atoms with van der Waals surface area (Å²) < 4.78 is 0. The quantitative estimate of drug-likeness (QED) is 0.586. The van der Waals surface area contributed by atoms with Gasteiger partial charge >= 0.3 is 0 Å². The molecule has 0 aromatic carbocycles. The lowest BCUT2D eigenvalue weighted by molar-refractivity contribution is 0.354. The Morgan fingerprint density at radius 3 is 2.69 bits per heavy atom. The summed E-state index contributed by atoms with van der Waals surface area (Å²) in [5.41, 5.74) is 1.31. The van der Waals surface area contributed by atoms with Crippen molar-refractivity contribution in [2.45, 2.75) is 20.3 Å². The van der Waals surface area contributed by atoms with E-state index in [9.17, 15) is 0 Å². The fourth-order valence-electron chi connectivity index (χ4n) is 1.84. The molecule has 1 atom stereocenters. The van der Waals surface area contributed by atoms with E-state index in [1.807, 2.05) is 19.3 Å². The molecule has 1 unspecified atom stereocenters. The molecule has 0 radical (unpaired) electrons. The summed E-state index contributed by atoms with van der Waals surface area (Å²) >= 11 is 0. The predicted octanol–water partition coefficient (Wildman–Crippen LogP) is 1.64. The van der Waals surface area contributed by atoms with Gasteiger partial charge in [0.25, 0.3) is 0 Å². The van der Waals surface area contributed by atoms with Crippen LogP contribution in [-0.2, 0) is 6.42 Å². The lowest BCUT2D eigenvalue weighted by atomic mass is 9.96. The van der Waals surface area contributed by atoms with Crippen LogP contribution < -0.4 is 10.6 Å². The Labute approximate surface area is 99.0 Å². The zero-order valence-corrected chi connectivity index (χ0v) is 10.7. The highest BCUT2D eigenvalue weighted by molar-refractivity contribution is 5.03. The first-order valence-corrected chi connectivity index (χ1v) is 6.21. The second-order valence-corrected chi connectivity index (χ2v) is 4.71. The van der Waals surface area contributed by atoms with Crippen molar-refractivity contribution in [1.29, 1.82) is 0 Å². The Bertz CT molecular complexity index is 254. The number of aromatic nitrogens is 1. The molecule has 1 rings (SSSR count). The predicted molar refractivity (Wildman–Crippen MR) is 69.6 cm³/mol. The summed E-state index contributed by atoms with van der Waals surface area (Å²) in [5.74, 6) is 1.44. The first-order valence-electron chi connectivity index (χ1n) is 6.21. The molecule has 0 fully saturated rings. The van der Waals surface area contributed by atoms with E-state index in [4.69, 9.17) is 0 Å². The van der Waals surface area contributed by atoms with Crippen molar-refractivity contribution < 1.29 is 0 Å². The maximum absolute atomic E-state index is 3.53. The van der Waals surface area contributed by atoms with Gasteiger partial charge in [0.2, 0.25) is 0 Å². The van der Waals surface area contributed by atoms with Crippen LogP contribution in [0.4, 0.5) is 0 Å². The summed E-state index contributed by atoms with van der Waals surface area (Å²) in [6.07, 6.45) is 3.06. The van der Waals surface area contributed by atoms with Crippen LogP contribution in [0.15, 0.2) is 18.3 Å². The molecule has 0 aliphatic heterocycles. The van der Waals surface area contributed by atoms with E-state index in [0.29, 0.717) is 5.92 Å². The Hall–Kier alpha value is -0.800. The Balaban J connectivity index is 2.13. The zero-order valence-electron chi connectivity index (χ0n) is 10.7. The second-order valence-electron chi connectivity index (χ2n) is 4.71. The van der Waals surface area contributed by atoms with Crippen molar-refractivity contribution in [3.63, 3.8) is 0 Å². The second kappa shape index (κ2) is 7.47. The molecule has 0 aliphatic rings. The monoisotopic (exact) mass is 223 g/mol. The third-order valence-corrected chi connectivity index (χ3v) is 3.05. The van der Waals surface area contributed by atoms with Gasteiger partial charge in [-0.05, 0) is 50.5 Å². The minimum absolute atomic E-state index is 0.716. The van der Waals surface area contributed by atoms with Crippen LogP contribution in [0.5, 0.6) is 0 Å². The maximum atomic E-state index is 3.53. The van der Waals surface area contributed by atoms with Crippen LogP contribution >= 0.6 is 0 Å². The molecule has 16 heavy (non-hydrogen) atoms. The Morgan fingerprint density at radius 1 is 1.31 bits per heavy atom. The third kappa shape index (κ3) is 4.81. The van der Waals surface area contributed by atoms with Crippen LogP contribution in [0.3, 0.4) is 0 Å². The first kappa shape index (κ1) is 13.3. The molecule has 0 saturated heterocycles. The minimum Gasteiger partial charge on any atom is -0.365 e. The number of rotatable bonds is 8. The number of hydrogen-bond acceptors (Lipinski definition) is 2. The van der Waals surface area contributed by atoms with Gasteiger partial charge in [0.1, 0.15) is 0 Å². The van der Waals surface area contributed by atoms with Gasteiger partial charge in [-0.25, -0.2) is 0 Å². The van der Waals surface area contributed by atoms with Gasteiger partial charge in [0.15, 0.2) is 0 Å². The molecule has 0 bridgehead atoms. The molecular formula is C13H25N3. The van der Waals surface area contributed by atoms with Crippen molar-refractivity contribution in [2.75, 3.05) is 26.7 Å². The summed E-state index contributed by atoms with van der Waals surface area (Å²) in [6.45, 7) is 7.81. The number of aromatic amines is 1. The Morgan fingerprint density at radius 2 is 2.12 bits per heavy atom. The average molecular weight is 223 g/mol. The smallest absolute Gasteiger partial charge is 0.0159 e. The third-order valence-electron chi connectivity index (χ3n) is 3.05. The Kier molecular flexibility index (Phi) is 6.19. The van der Waals surface area contributed by atoms with Crippen molar-refractivity contribution in [2.24, 2.45) is 11.8 Å². The summed E-state index contributed by atoms with van der Waals surface area (Å²) in [6, 6.07) is 4.18. The van der Waals surface area contributed by atoms with Crippen molar-refractivity contribution in [3.05, 3.63) is 24.0 Å². The fourth-order valence-corrected chi connectivity index (χ4v) is 1.84. The molecule has 0 saturated carbocycles. The standard InChI is InChI=1S/C13H25N3/c1-11(2)12(9-14-3)10-15-8-6-13-5-4-7-16-13/h4-5,7,11-12,14-16H,6,8-10H2,1-3H3. The van der Waals surface area contributed by atoms with Gasteiger partial charge in [-0.3, -0.25) is 0 Å². The molecule has 0 aliphatic carbocycles. The SMILES string of the molecule is CNCC(CNCCc1ccc[nH]1)C(C)C. The van der Waals surface area contributed by atoms with E-state index in [1.165, 1.54) is 5.69 Å². The number of nitrogens with one attached hydrogen (secondary N) is 3.